The topological polar surface area (TPSA) is 103 Å². The Kier molecular flexibility index (Phi) is 6.02. The largest absolute Gasteiger partial charge is 0.494 e. The van der Waals surface area contributed by atoms with E-state index in [1.54, 1.807) is 36.4 Å². The van der Waals surface area contributed by atoms with Crippen LogP contribution in [-0.4, -0.2) is 22.7 Å². The van der Waals surface area contributed by atoms with E-state index in [1.807, 2.05) is 6.92 Å². The summed E-state index contributed by atoms with van der Waals surface area (Å²) in [5, 5.41) is 10.6. The zero-order valence-corrected chi connectivity index (χ0v) is 18.2. The number of nitro groups is 1. The molecule has 1 aliphatic heterocycles. The number of carbonyl (C=O) groups excluding carboxylic acids is 2. The van der Waals surface area contributed by atoms with Gasteiger partial charge in [0.25, 0.3) is 16.8 Å². The van der Waals surface area contributed by atoms with Crippen LogP contribution in [0, 0.1) is 10.1 Å². The van der Waals surface area contributed by atoms with Crippen molar-refractivity contribution in [2.45, 2.75) is 6.92 Å². The Labute approximate surface area is 191 Å². The molecule has 8 nitrogen and oxygen atoms in total. The van der Waals surface area contributed by atoms with E-state index in [9.17, 15) is 19.7 Å². The molecule has 10 heteroatoms. The van der Waals surface area contributed by atoms with E-state index in [0.717, 1.165) is 16.7 Å². The van der Waals surface area contributed by atoms with Gasteiger partial charge < -0.3 is 9.15 Å². The van der Waals surface area contributed by atoms with Crippen molar-refractivity contribution < 1.29 is 23.7 Å². The Morgan fingerprint density at radius 2 is 1.91 bits per heavy atom. The van der Waals surface area contributed by atoms with Crippen LogP contribution >= 0.6 is 23.4 Å². The molecule has 0 N–H and O–H groups in total. The van der Waals surface area contributed by atoms with Gasteiger partial charge >= 0.3 is 0 Å². The van der Waals surface area contributed by atoms with Gasteiger partial charge in [-0.05, 0) is 61.2 Å². The van der Waals surface area contributed by atoms with Crippen LogP contribution in [0.3, 0.4) is 0 Å². The van der Waals surface area contributed by atoms with Crippen LogP contribution in [0.2, 0.25) is 5.02 Å². The molecule has 162 valence electrons. The van der Waals surface area contributed by atoms with Gasteiger partial charge in [-0.25, -0.2) is 4.90 Å². The first kappa shape index (κ1) is 21.7. The minimum absolute atomic E-state index is 0.131. The monoisotopic (exact) mass is 470 g/mol. The van der Waals surface area contributed by atoms with Crippen LogP contribution in [-0.2, 0) is 4.79 Å². The van der Waals surface area contributed by atoms with Crippen LogP contribution in [0.1, 0.15) is 12.7 Å². The molecule has 0 bridgehead atoms. The van der Waals surface area contributed by atoms with Gasteiger partial charge in [-0.15, -0.1) is 0 Å². The molecule has 32 heavy (non-hydrogen) atoms. The van der Waals surface area contributed by atoms with Crippen LogP contribution in [0.15, 0.2) is 63.9 Å². The molecule has 0 aliphatic carbocycles. The highest BCUT2D eigenvalue weighted by Gasteiger charge is 2.36. The Balaban J connectivity index is 1.56. The van der Waals surface area contributed by atoms with Gasteiger partial charge in [-0.3, -0.25) is 19.7 Å². The van der Waals surface area contributed by atoms with Crippen molar-refractivity contribution in [3.05, 3.63) is 80.4 Å². The van der Waals surface area contributed by atoms with E-state index >= 15 is 0 Å². The molecule has 1 fully saturated rings. The van der Waals surface area contributed by atoms with Gasteiger partial charge in [-0.2, -0.15) is 0 Å². The molecule has 2 amide bonds. The first-order chi connectivity index (χ1) is 15.4. The number of carbonyl (C=O) groups is 2. The summed E-state index contributed by atoms with van der Waals surface area (Å²) in [6.07, 6.45) is 1.47. The van der Waals surface area contributed by atoms with E-state index in [-0.39, 0.29) is 15.6 Å². The maximum atomic E-state index is 12.8. The summed E-state index contributed by atoms with van der Waals surface area (Å²) in [6.45, 7) is 2.38. The fourth-order valence-electron chi connectivity index (χ4n) is 3.07. The maximum absolute atomic E-state index is 12.8. The number of benzene rings is 2. The Morgan fingerprint density at radius 1 is 1.16 bits per heavy atom. The number of anilines is 1. The molecular weight excluding hydrogens is 456 g/mol. The molecule has 2 aromatic carbocycles. The smallest absolute Gasteiger partial charge is 0.298 e. The minimum atomic E-state index is -0.538. The third kappa shape index (κ3) is 4.25. The zero-order chi connectivity index (χ0) is 22.8. The Hall–Kier alpha value is -3.56. The van der Waals surface area contributed by atoms with Crippen LogP contribution < -0.4 is 9.64 Å². The van der Waals surface area contributed by atoms with Gasteiger partial charge in [0.15, 0.2) is 0 Å². The predicted molar refractivity (Wildman–Crippen MR) is 122 cm³/mol. The van der Waals surface area contributed by atoms with Gasteiger partial charge in [0.1, 0.15) is 17.3 Å². The van der Waals surface area contributed by atoms with Gasteiger partial charge in [0, 0.05) is 23.8 Å². The first-order valence-electron chi connectivity index (χ1n) is 9.42. The second kappa shape index (κ2) is 8.89. The van der Waals surface area contributed by atoms with Crippen molar-refractivity contribution >= 4 is 52.0 Å². The highest BCUT2D eigenvalue weighted by atomic mass is 35.5. The average Bonchev–Trinajstić information content (AvgIpc) is 3.33. The normalized spacial score (nSPS) is 14.9. The molecular formula is C22H15ClN2O6S. The summed E-state index contributed by atoms with van der Waals surface area (Å²) in [7, 11) is 0. The number of rotatable bonds is 6. The highest BCUT2D eigenvalue weighted by Crippen LogP contribution is 2.37. The Bertz CT molecular complexity index is 1250. The SMILES string of the molecule is CCOc1ccc(N2C(=O)S/C(=C/c3ccc(-c4ccc([N+](=O)[O-])cc4Cl)o3)C2=O)cc1. The lowest BCUT2D eigenvalue weighted by Gasteiger charge is -2.13. The maximum Gasteiger partial charge on any atom is 0.298 e. The minimum Gasteiger partial charge on any atom is -0.494 e. The molecule has 4 rings (SSSR count). The number of hydrogen-bond donors (Lipinski definition) is 0. The quantitative estimate of drug-likeness (QED) is 0.242. The van der Waals surface area contributed by atoms with Gasteiger partial charge in [-0.1, -0.05) is 11.6 Å². The molecule has 0 radical (unpaired) electrons. The summed E-state index contributed by atoms with van der Waals surface area (Å²) >= 11 is 6.95. The highest BCUT2D eigenvalue weighted by molar-refractivity contribution is 8.19. The van der Waals surface area contributed by atoms with Crippen molar-refractivity contribution in [3.63, 3.8) is 0 Å². The van der Waals surface area contributed by atoms with E-state index in [1.165, 1.54) is 24.3 Å². The molecule has 0 spiro atoms. The number of halogens is 1. The second-order valence-electron chi connectivity index (χ2n) is 6.57. The van der Waals surface area contributed by atoms with E-state index in [4.69, 9.17) is 20.8 Å². The van der Waals surface area contributed by atoms with Gasteiger partial charge in [0.05, 0.1) is 27.1 Å². The van der Waals surface area contributed by atoms with Crippen molar-refractivity contribution in [2.24, 2.45) is 0 Å². The number of ether oxygens (including phenoxy) is 1. The van der Waals surface area contributed by atoms with E-state index in [0.29, 0.717) is 35.1 Å². The van der Waals surface area contributed by atoms with E-state index in [2.05, 4.69) is 0 Å². The van der Waals surface area contributed by atoms with Crippen LogP contribution in [0.5, 0.6) is 5.75 Å². The zero-order valence-electron chi connectivity index (χ0n) is 16.6. The summed E-state index contributed by atoms with van der Waals surface area (Å²) < 4.78 is 11.1. The fraction of sp³-hybridized carbons (Fsp3) is 0.0909. The number of furan rings is 1. The summed E-state index contributed by atoms with van der Waals surface area (Å²) in [5.41, 5.74) is 0.782. The van der Waals surface area contributed by atoms with E-state index < -0.39 is 16.1 Å². The number of imide groups is 1. The standard InChI is InChI=1S/C22H15ClN2O6S/c1-2-30-15-6-3-13(4-7-15)24-21(26)20(32-22(24)27)12-16-8-10-19(31-16)17-9-5-14(25(28)29)11-18(17)23/h3-12H,2H2,1H3/b20-12+. The van der Waals surface area contributed by atoms with Crippen molar-refractivity contribution in [2.75, 3.05) is 11.5 Å². The van der Waals surface area contributed by atoms with Crippen LogP contribution in [0.25, 0.3) is 17.4 Å². The summed E-state index contributed by atoms with van der Waals surface area (Å²) in [5.74, 6) is 0.899. The summed E-state index contributed by atoms with van der Waals surface area (Å²) in [4.78, 5) is 36.9. The molecule has 0 atom stereocenters. The number of nitro benzene ring substituents is 1. The van der Waals surface area contributed by atoms with Crippen LogP contribution in [0.4, 0.5) is 16.2 Å². The van der Waals surface area contributed by atoms with Crippen molar-refractivity contribution in [3.8, 4) is 17.1 Å². The molecule has 0 unspecified atom stereocenters. The molecule has 1 aliphatic rings. The van der Waals surface area contributed by atoms with Crippen molar-refractivity contribution in [1.29, 1.82) is 0 Å². The average molecular weight is 471 g/mol. The molecule has 3 aromatic rings. The molecule has 0 saturated carbocycles. The number of thioether (sulfide) groups is 1. The van der Waals surface area contributed by atoms with Crippen molar-refractivity contribution in [1.82, 2.24) is 0 Å². The summed E-state index contributed by atoms with van der Waals surface area (Å²) in [6, 6.07) is 14.0. The molecule has 2 heterocycles. The predicted octanol–water partition coefficient (Wildman–Crippen LogP) is 6.15. The number of hydrogen-bond acceptors (Lipinski definition) is 7. The third-order valence-electron chi connectivity index (χ3n) is 4.53. The second-order valence-corrected chi connectivity index (χ2v) is 7.97. The number of non-ortho nitro benzene ring substituents is 1. The fourth-order valence-corrected chi connectivity index (χ4v) is 4.16. The Morgan fingerprint density at radius 3 is 2.56 bits per heavy atom. The lowest BCUT2D eigenvalue weighted by atomic mass is 10.1. The lowest BCUT2D eigenvalue weighted by Crippen LogP contribution is -2.27. The lowest BCUT2D eigenvalue weighted by molar-refractivity contribution is -0.384. The first-order valence-corrected chi connectivity index (χ1v) is 10.6. The molecule has 1 aromatic heterocycles. The van der Waals surface area contributed by atoms with Gasteiger partial charge in [0.2, 0.25) is 0 Å². The number of nitrogens with zero attached hydrogens (tertiary/aromatic N) is 2. The molecule has 1 saturated heterocycles. The third-order valence-corrected chi connectivity index (χ3v) is 5.71. The number of amides is 2.